The van der Waals surface area contributed by atoms with Crippen LogP contribution in [0.3, 0.4) is 0 Å². The van der Waals surface area contributed by atoms with Gasteiger partial charge in [-0.05, 0) is 35.7 Å². The Kier molecular flexibility index (Phi) is 1.65. The van der Waals surface area contributed by atoms with Gasteiger partial charge in [-0.1, -0.05) is 16.6 Å². The van der Waals surface area contributed by atoms with E-state index in [4.69, 9.17) is 12.2 Å². The van der Waals surface area contributed by atoms with Crippen LogP contribution in [-0.4, -0.2) is 5.10 Å². The van der Waals surface area contributed by atoms with Crippen LogP contribution < -0.4 is 4.52 Å². The highest BCUT2D eigenvalue weighted by Gasteiger charge is 2.10. The number of pyridine rings is 1. The van der Waals surface area contributed by atoms with Crippen molar-refractivity contribution in [1.29, 1.82) is 0 Å². The van der Waals surface area contributed by atoms with Crippen LogP contribution in [0.4, 0.5) is 0 Å². The van der Waals surface area contributed by atoms with Crippen molar-refractivity contribution in [1.82, 2.24) is 5.10 Å². The molecule has 2 aromatic heterocycles. The minimum absolute atomic E-state index is 0.807. The molecule has 3 aromatic rings. The smallest absolute Gasteiger partial charge is 0.137 e. The summed E-state index contributed by atoms with van der Waals surface area (Å²) in [4.78, 5) is 1.15. The third kappa shape index (κ3) is 1.08. The summed E-state index contributed by atoms with van der Waals surface area (Å²) in [6.45, 7) is 0. The van der Waals surface area contributed by atoms with E-state index in [1.165, 1.54) is 5.39 Å². The first-order chi connectivity index (χ1) is 6.84. The van der Waals surface area contributed by atoms with E-state index in [9.17, 15) is 0 Å². The second-order valence-electron chi connectivity index (χ2n) is 3.07. The number of aromatic amines is 1. The number of fused-ring (bicyclic) bond motifs is 3. The predicted octanol–water partition coefficient (Wildman–Crippen LogP) is 2.70. The maximum absolute atomic E-state index is 5.12. The lowest BCUT2D eigenvalue weighted by Crippen LogP contribution is -2.23. The highest BCUT2D eigenvalue weighted by atomic mass is 32.1. The Labute approximate surface area is 89.4 Å². The molecule has 4 heteroatoms. The highest BCUT2D eigenvalue weighted by molar-refractivity contribution is 7.73. The van der Waals surface area contributed by atoms with Gasteiger partial charge in [0.05, 0.1) is 0 Å². The van der Waals surface area contributed by atoms with Crippen molar-refractivity contribution in [3.8, 4) is 0 Å². The maximum atomic E-state index is 5.12. The van der Waals surface area contributed by atoms with Crippen LogP contribution in [0.5, 0.6) is 0 Å². The van der Waals surface area contributed by atoms with E-state index < -0.39 is 0 Å². The molecule has 0 radical (unpaired) electrons. The van der Waals surface area contributed by atoms with Crippen LogP contribution in [0.2, 0.25) is 0 Å². The lowest BCUT2D eigenvalue weighted by Gasteiger charge is -1.89. The van der Waals surface area contributed by atoms with Gasteiger partial charge in [0, 0.05) is 17.5 Å². The zero-order valence-corrected chi connectivity index (χ0v) is 8.86. The van der Waals surface area contributed by atoms with Crippen LogP contribution in [0.1, 0.15) is 0 Å². The lowest BCUT2D eigenvalue weighted by molar-refractivity contribution is -0.548. The normalized spacial score (nSPS) is 11.1. The van der Waals surface area contributed by atoms with Crippen molar-refractivity contribution in [2.45, 2.75) is 0 Å². The quantitative estimate of drug-likeness (QED) is 0.455. The molecule has 68 valence electrons. The second kappa shape index (κ2) is 2.87. The van der Waals surface area contributed by atoms with Gasteiger partial charge in [-0.2, -0.15) is 0 Å². The first kappa shape index (κ1) is 8.08. The third-order valence-electron chi connectivity index (χ3n) is 2.20. The summed E-state index contributed by atoms with van der Waals surface area (Å²) >= 11 is 6.71. The van der Waals surface area contributed by atoms with Gasteiger partial charge in [-0.3, -0.25) is 0 Å². The Morgan fingerprint density at radius 3 is 2.93 bits per heavy atom. The molecule has 0 fully saturated rings. The highest BCUT2D eigenvalue weighted by Crippen LogP contribution is 2.13. The van der Waals surface area contributed by atoms with Gasteiger partial charge in [0.1, 0.15) is 0 Å². The fourth-order valence-corrected chi connectivity index (χ4v) is 2.64. The molecule has 0 amide bonds. The largest absolute Gasteiger partial charge is 0.294 e. The number of rotatable bonds is 0. The molecule has 0 atom stereocenters. The summed E-state index contributed by atoms with van der Waals surface area (Å²) in [5.74, 6) is 0. The van der Waals surface area contributed by atoms with E-state index >= 15 is 0 Å². The van der Waals surface area contributed by atoms with E-state index in [0.717, 1.165) is 14.3 Å². The molecule has 0 saturated heterocycles. The molecule has 0 unspecified atom stereocenters. The molecule has 1 N–H and O–H groups in total. The fourth-order valence-electron chi connectivity index (χ4n) is 1.59. The van der Waals surface area contributed by atoms with Crippen LogP contribution in [0, 0.1) is 3.95 Å². The lowest BCUT2D eigenvalue weighted by atomic mass is 10.2. The molecular weight excluding hydrogens is 212 g/mol. The van der Waals surface area contributed by atoms with E-state index in [1.807, 2.05) is 16.6 Å². The molecule has 0 bridgehead atoms. The van der Waals surface area contributed by atoms with Crippen molar-refractivity contribution in [2.24, 2.45) is 0 Å². The molecule has 0 aliphatic heterocycles. The van der Waals surface area contributed by atoms with Gasteiger partial charge in [-0.15, -0.1) is 5.10 Å². The number of H-pyrrole nitrogens is 1. The van der Waals surface area contributed by atoms with Crippen molar-refractivity contribution in [3.05, 3.63) is 40.4 Å². The average molecular weight is 219 g/mol. The van der Waals surface area contributed by atoms with Gasteiger partial charge in [-0.25, -0.2) is 0 Å². The Morgan fingerprint density at radius 1 is 1.14 bits per heavy atom. The molecule has 0 aliphatic rings. The summed E-state index contributed by atoms with van der Waals surface area (Å²) < 4.78 is 2.84. The zero-order valence-electron chi connectivity index (χ0n) is 7.23. The molecule has 2 nitrogen and oxygen atoms in total. The van der Waals surface area contributed by atoms with E-state index in [-0.39, 0.29) is 0 Å². The number of nitrogens with one attached hydrogen (secondary N) is 1. The average Bonchev–Trinajstić information content (AvgIpc) is 2.59. The van der Waals surface area contributed by atoms with Crippen molar-refractivity contribution in [3.63, 3.8) is 0 Å². The number of nitrogens with zero attached hydrogens (tertiary/aromatic N) is 1. The molecule has 14 heavy (non-hydrogen) atoms. The fraction of sp³-hybridized carbons (Fsp3) is 0. The van der Waals surface area contributed by atoms with E-state index in [0.29, 0.717) is 0 Å². The molecule has 1 aromatic carbocycles. The summed E-state index contributed by atoms with van der Waals surface area (Å²) in [6.07, 6.45) is 0. The van der Waals surface area contributed by atoms with Crippen LogP contribution in [0.25, 0.3) is 15.7 Å². The Bertz CT molecular complexity index is 666. The van der Waals surface area contributed by atoms with Gasteiger partial charge in [0.25, 0.3) is 4.83 Å². The summed E-state index contributed by atoms with van der Waals surface area (Å²) in [6, 6.07) is 12.4. The molecule has 0 aliphatic carbocycles. The predicted molar refractivity (Wildman–Crippen MR) is 60.2 cm³/mol. The minimum atomic E-state index is 0.807. The topological polar surface area (TPSA) is 19.9 Å². The van der Waals surface area contributed by atoms with E-state index in [2.05, 4.69) is 29.4 Å². The van der Waals surface area contributed by atoms with Gasteiger partial charge in [0.2, 0.25) is 9.47 Å². The van der Waals surface area contributed by atoms with Crippen molar-refractivity contribution >= 4 is 39.3 Å². The molecular formula is C10H7N2S2+. The maximum Gasteiger partial charge on any atom is 0.294 e. The standard InChI is InChI=1S/C10H6N2S2/c13-10-11-12-8-4-2-1-3-7(8)5-6-9(12)14-10/h1-6H/p+1. The molecule has 0 spiro atoms. The van der Waals surface area contributed by atoms with Gasteiger partial charge >= 0.3 is 0 Å². The first-order valence-corrected chi connectivity index (χ1v) is 5.50. The number of aromatic nitrogens is 2. The second-order valence-corrected chi connectivity index (χ2v) is 4.76. The van der Waals surface area contributed by atoms with Gasteiger partial charge < -0.3 is 0 Å². The van der Waals surface area contributed by atoms with E-state index in [1.54, 1.807) is 11.3 Å². The molecule has 2 heterocycles. The summed E-state index contributed by atoms with van der Waals surface area (Å²) in [5.41, 5.74) is 1.16. The minimum Gasteiger partial charge on any atom is -0.137 e. The SMILES string of the molecule is S=c1[nH][n+]2c(ccc3ccccc32)s1. The third-order valence-corrected chi connectivity index (χ3v) is 3.35. The Morgan fingerprint density at radius 2 is 2.00 bits per heavy atom. The molecule has 0 saturated carbocycles. The van der Waals surface area contributed by atoms with Crippen LogP contribution in [0.15, 0.2) is 36.4 Å². The first-order valence-electron chi connectivity index (χ1n) is 4.27. The number of hydrogen-bond donors (Lipinski definition) is 1. The zero-order chi connectivity index (χ0) is 9.54. The summed E-state index contributed by atoms with van der Waals surface area (Å²) in [7, 11) is 0. The number of para-hydroxylation sites is 1. The van der Waals surface area contributed by atoms with Crippen molar-refractivity contribution in [2.75, 3.05) is 0 Å². The van der Waals surface area contributed by atoms with Gasteiger partial charge in [0.15, 0.2) is 0 Å². The summed E-state index contributed by atoms with van der Waals surface area (Å²) in [5, 5.41) is 4.37. The Hall–Kier alpha value is -1.26. The Balaban J connectivity index is 2.66. The number of benzene rings is 1. The monoisotopic (exact) mass is 219 g/mol. The molecule has 3 rings (SSSR count). The van der Waals surface area contributed by atoms with Crippen LogP contribution >= 0.6 is 23.6 Å². The number of hydrogen-bond acceptors (Lipinski definition) is 2. The van der Waals surface area contributed by atoms with Crippen molar-refractivity contribution < 1.29 is 4.52 Å². The van der Waals surface area contributed by atoms with Crippen LogP contribution in [-0.2, 0) is 0 Å².